The first-order chi connectivity index (χ1) is 19.5. The van der Waals surface area contributed by atoms with E-state index in [2.05, 4.69) is 34.0 Å². The summed E-state index contributed by atoms with van der Waals surface area (Å²) in [5.41, 5.74) is 2.57. The molecular formula is C29H32N6O5S. The van der Waals surface area contributed by atoms with Crippen LogP contribution in [0.1, 0.15) is 29.9 Å². The van der Waals surface area contributed by atoms with Gasteiger partial charge in [-0.1, -0.05) is 6.07 Å². The number of rotatable bonds is 8. The number of morpholine rings is 1. The number of ether oxygens (including phenoxy) is 2. The fourth-order valence-corrected chi connectivity index (χ4v) is 5.39. The molecular weight excluding hydrogens is 544 g/mol. The molecule has 1 aliphatic rings. The zero-order chi connectivity index (χ0) is 29.2. The van der Waals surface area contributed by atoms with E-state index < -0.39 is 15.7 Å². The number of hydrogen-bond donors (Lipinski definition) is 1. The van der Waals surface area contributed by atoms with Crippen molar-refractivity contribution in [3.63, 3.8) is 0 Å². The van der Waals surface area contributed by atoms with Crippen LogP contribution < -0.4 is 10.2 Å². The van der Waals surface area contributed by atoms with Crippen molar-refractivity contribution in [1.29, 1.82) is 0 Å². The van der Waals surface area contributed by atoms with Crippen LogP contribution in [-0.2, 0) is 25.9 Å². The Morgan fingerprint density at radius 1 is 1.12 bits per heavy atom. The van der Waals surface area contributed by atoms with E-state index in [9.17, 15) is 13.2 Å². The number of nitrogens with zero attached hydrogens (tertiary/aromatic N) is 5. The minimum Gasteiger partial charge on any atom is -0.382 e. The highest BCUT2D eigenvalue weighted by Crippen LogP contribution is 2.27. The number of nitrogens with one attached hydrogen (secondary N) is 1. The summed E-state index contributed by atoms with van der Waals surface area (Å²) in [4.78, 5) is 32.9. The molecule has 0 radical (unpaired) electrons. The van der Waals surface area contributed by atoms with Crippen molar-refractivity contribution >= 4 is 32.5 Å². The fraction of sp³-hybridized carbons (Fsp3) is 0.345. The molecule has 5 heterocycles. The summed E-state index contributed by atoms with van der Waals surface area (Å²) in [6, 6.07) is 12.9. The molecule has 0 unspecified atom stereocenters. The number of fused-ring (bicyclic) bond motifs is 1. The van der Waals surface area contributed by atoms with Gasteiger partial charge >= 0.3 is 0 Å². The van der Waals surface area contributed by atoms with Gasteiger partial charge in [-0.05, 0) is 50.2 Å². The molecule has 214 valence electrons. The Labute approximate surface area is 238 Å². The second kappa shape index (κ2) is 11.5. The highest BCUT2D eigenvalue weighted by molar-refractivity contribution is 7.90. The van der Waals surface area contributed by atoms with E-state index in [4.69, 9.17) is 19.4 Å². The van der Waals surface area contributed by atoms with Gasteiger partial charge in [0.1, 0.15) is 5.82 Å². The van der Waals surface area contributed by atoms with Gasteiger partial charge in [-0.15, -0.1) is 0 Å². The van der Waals surface area contributed by atoms with Gasteiger partial charge in [0.2, 0.25) is 0 Å². The summed E-state index contributed by atoms with van der Waals surface area (Å²) >= 11 is 0. The SMILES string of the molecule is COC[C@H]1CN(c2cccc(-c3ccc4cnc(CNC(=O)c5cncc(S(C)(=O)=O)c5)cc4n3)n2)CC(C)(C)O1. The zero-order valence-corrected chi connectivity index (χ0v) is 24.2. The van der Waals surface area contributed by atoms with Crippen LogP contribution >= 0.6 is 0 Å². The van der Waals surface area contributed by atoms with Crippen molar-refractivity contribution in [1.82, 2.24) is 25.3 Å². The summed E-state index contributed by atoms with van der Waals surface area (Å²) < 4.78 is 35.1. The summed E-state index contributed by atoms with van der Waals surface area (Å²) in [7, 11) is -1.81. The molecule has 0 aromatic carbocycles. The molecule has 0 aliphatic carbocycles. The first-order valence-corrected chi connectivity index (χ1v) is 15.0. The monoisotopic (exact) mass is 576 g/mol. The number of aromatic nitrogens is 4. The molecule has 5 rings (SSSR count). The van der Waals surface area contributed by atoms with E-state index in [0.717, 1.165) is 23.2 Å². The van der Waals surface area contributed by atoms with Gasteiger partial charge in [-0.2, -0.15) is 0 Å². The molecule has 4 aromatic rings. The van der Waals surface area contributed by atoms with E-state index in [1.165, 1.54) is 18.5 Å². The van der Waals surface area contributed by atoms with Crippen LogP contribution in [0, 0.1) is 0 Å². The van der Waals surface area contributed by atoms with Gasteiger partial charge in [0.05, 0.1) is 57.9 Å². The Morgan fingerprint density at radius 3 is 2.71 bits per heavy atom. The third kappa shape index (κ3) is 6.84. The Balaban J connectivity index is 1.34. The van der Waals surface area contributed by atoms with Crippen molar-refractivity contribution in [2.45, 2.75) is 37.0 Å². The van der Waals surface area contributed by atoms with E-state index in [1.807, 2.05) is 36.4 Å². The van der Waals surface area contributed by atoms with Crippen LogP contribution in [0.3, 0.4) is 0 Å². The summed E-state index contributed by atoms with van der Waals surface area (Å²) in [6.45, 7) is 6.14. The van der Waals surface area contributed by atoms with E-state index >= 15 is 0 Å². The first-order valence-electron chi connectivity index (χ1n) is 13.1. The van der Waals surface area contributed by atoms with Crippen LogP contribution in [0.5, 0.6) is 0 Å². The molecule has 1 amide bonds. The van der Waals surface area contributed by atoms with E-state index in [1.54, 1.807) is 13.3 Å². The molecule has 41 heavy (non-hydrogen) atoms. The molecule has 4 aromatic heterocycles. The molecule has 1 atom stereocenters. The molecule has 0 bridgehead atoms. The lowest BCUT2D eigenvalue weighted by atomic mass is 10.1. The number of anilines is 1. The smallest absolute Gasteiger partial charge is 0.253 e. The third-order valence-electron chi connectivity index (χ3n) is 6.62. The lowest BCUT2D eigenvalue weighted by molar-refractivity contribution is -0.106. The molecule has 11 nitrogen and oxygen atoms in total. The minimum atomic E-state index is -3.48. The molecule has 1 N–H and O–H groups in total. The summed E-state index contributed by atoms with van der Waals surface area (Å²) in [5, 5.41) is 3.62. The second-order valence-corrected chi connectivity index (χ2v) is 12.7. The Hall–Kier alpha value is -4.00. The average Bonchev–Trinajstić information content (AvgIpc) is 2.94. The Morgan fingerprint density at radius 2 is 1.93 bits per heavy atom. The van der Waals surface area contributed by atoms with Crippen molar-refractivity contribution < 1.29 is 22.7 Å². The van der Waals surface area contributed by atoms with Gasteiger partial charge in [-0.25, -0.2) is 18.4 Å². The van der Waals surface area contributed by atoms with Gasteiger partial charge < -0.3 is 19.7 Å². The van der Waals surface area contributed by atoms with Crippen LogP contribution in [-0.4, -0.2) is 79.0 Å². The Bertz CT molecular complexity index is 1690. The number of amides is 1. The molecule has 12 heteroatoms. The van der Waals surface area contributed by atoms with Crippen LogP contribution in [0.2, 0.25) is 0 Å². The van der Waals surface area contributed by atoms with Crippen LogP contribution in [0.15, 0.2) is 66.0 Å². The number of carbonyl (C=O) groups is 1. The second-order valence-electron chi connectivity index (χ2n) is 10.6. The van der Waals surface area contributed by atoms with Gasteiger partial charge in [-0.3, -0.25) is 14.8 Å². The van der Waals surface area contributed by atoms with Crippen LogP contribution in [0.4, 0.5) is 5.82 Å². The van der Waals surface area contributed by atoms with Crippen LogP contribution in [0.25, 0.3) is 22.3 Å². The lowest BCUT2D eigenvalue weighted by Gasteiger charge is -2.43. The number of pyridine rings is 4. The Kier molecular flexibility index (Phi) is 7.98. The molecule has 1 fully saturated rings. The topological polar surface area (TPSA) is 136 Å². The van der Waals surface area contributed by atoms with Gasteiger partial charge in [0, 0.05) is 50.4 Å². The lowest BCUT2D eigenvalue weighted by Crippen LogP contribution is -2.54. The summed E-state index contributed by atoms with van der Waals surface area (Å²) in [6.07, 6.45) is 5.25. The molecule has 0 saturated carbocycles. The summed E-state index contributed by atoms with van der Waals surface area (Å²) in [5.74, 6) is 0.390. The highest BCUT2D eigenvalue weighted by atomic mass is 32.2. The normalized spacial score (nSPS) is 17.0. The number of carbonyl (C=O) groups excluding carboxylic acids is 1. The van der Waals surface area contributed by atoms with Crippen molar-refractivity contribution in [3.05, 3.63) is 72.3 Å². The largest absolute Gasteiger partial charge is 0.382 e. The van der Waals surface area contributed by atoms with Crippen molar-refractivity contribution in [3.8, 4) is 11.4 Å². The maximum Gasteiger partial charge on any atom is 0.253 e. The predicted octanol–water partition coefficient (Wildman–Crippen LogP) is 3.05. The van der Waals surface area contributed by atoms with Crippen molar-refractivity contribution in [2.24, 2.45) is 0 Å². The van der Waals surface area contributed by atoms with E-state index in [-0.39, 0.29) is 28.7 Å². The maximum absolute atomic E-state index is 12.6. The van der Waals surface area contributed by atoms with E-state index in [0.29, 0.717) is 36.6 Å². The number of methoxy groups -OCH3 is 1. The first kappa shape index (κ1) is 28.5. The molecule has 0 spiro atoms. The molecule has 1 saturated heterocycles. The third-order valence-corrected chi connectivity index (χ3v) is 7.70. The van der Waals surface area contributed by atoms with Gasteiger partial charge in [0.25, 0.3) is 5.91 Å². The quantitative estimate of drug-likeness (QED) is 0.333. The van der Waals surface area contributed by atoms with Gasteiger partial charge in [0.15, 0.2) is 9.84 Å². The highest BCUT2D eigenvalue weighted by Gasteiger charge is 2.34. The maximum atomic E-state index is 12.6. The fourth-order valence-electron chi connectivity index (χ4n) is 4.80. The number of sulfone groups is 1. The van der Waals surface area contributed by atoms with Crippen molar-refractivity contribution in [2.75, 3.05) is 38.0 Å². The predicted molar refractivity (Wildman–Crippen MR) is 154 cm³/mol. The average molecular weight is 577 g/mol. The molecule has 1 aliphatic heterocycles. The number of hydrogen-bond acceptors (Lipinski definition) is 10. The standard InChI is InChI=1S/C29H32N6O5S/c1-29(2)18-35(16-22(40-29)17-39-3)27-7-5-6-24(34-27)25-9-8-19-13-31-21(11-26(19)33-25)14-32-28(36)20-10-23(15-30-12-20)41(4,37)38/h5-13,15,22H,14,16-18H2,1-4H3,(H,32,36)/t22-/m1/s1. The zero-order valence-electron chi connectivity index (χ0n) is 23.4. The minimum absolute atomic E-state index is 0.0180.